The van der Waals surface area contributed by atoms with Gasteiger partial charge in [0.2, 0.25) is 0 Å². The Labute approximate surface area is 115 Å². The van der Waals surface area contributed by atoms with Gasteiger partial charge in [-0.2, -0.15) is 11.3 Å². The predicted octanol–water partition coefficient (Wildman–Crippen LogP) is 3.14. The molecule has 1 fully saturated rings. The summed E-state index contributed by atoms with van der Waals surface area (Å²) in [6.45, 7) is 8.30. The summed E-state index contributed by atoms with van der Waals surface area (Å²) in [5, 5.41) is 8.12. The maximum atomic E-state index is 3.65. The molecule has 2 rings (SSSR count). The Hall–Kier alpha value is -0.380. The molecule has 2 nitrogen and oxygen atoms in total. The molecular formula is C15H26N2S. The molecule has 0 aliphatic carbocycles. The van der Waals surface area contributed by atoms with Gasteiger partial charge < -0.3 is 10.2 Å². The highest BCUT2D eigenvalue weighted by Crippen LogP contribution is 2.17. The number of thiophene rings is 1. The van der Waals surface area contributed by atoms with Crippen molar-refractivity contribution in [1.82, 2.24) is 10.2 Å². The van der Waals surface area contributed by atoms with Gasteiger partial charge in [0, 0.05) is 12.1 Å². The molecule has 1 aliphatic heterocycles. The number of hydrogen-bond acceptors (Lipinski definition) is 3. The van der Waals surface area contributed by atoms with E-state index in [2.05, 4.69) is 40.9 Å². The molecule has 1 aromatic rings. The van der Waals surface area contributed by atoms with Crippen LogP contribution in [0, 0.1) is 0 Å². The van der Waals surface area contributed by atoms with Crippen molar-refractivity contribution in [2.24, 2.45) is 0 Å². The first-order chi connectivity index (χ1) is 8.79. The van der Waals surface area contributed by atoms with Crippen molar-refractivity contribution in [2.45, 2.75) is 51.6 Å². The van der Waals surface area contributed by atoms with Crippen LogP contribution in [0.15, 0.2) is 16.8 Å². The van der Waals surface area contributed by atoms with Gasteiger partial charge in [-0.1, -0.05) is 6.92 Å². The number of hydrogen-bond donors (Lipinski definition) is 1. The van der Waals surface area contributed by atoms with Gasteiger partial charge in [0.1, 0.15) is 0 Å². The normalized spacial score (nSPS) is 20.1. The van der Waals surface area contributed by atoms with E-state index in [1.54, 1.807) is 0 Å². The molecule has 1 aliphatic rings. The Morgan fingerprint density at radius 1 is 1.44 bits per heavy atom. The minimum atomic E-state index is 0.687. The van der Waals surface area contributed by atoms with Crippen LogP contribution in [0.5, 0.6) is 0 Å². The highest BCUT2D eigenvalue weighted by Gasteiger charge is 2.22. The average Bonchev–Trinajstić information content (AvgIpc) is 2.89. The minimum Gasteiger partial charge on any atom is -0.314 e. The first-order valence-electron chi connectivity index (χ1n) is 7.28. The molecule has 1 unspecified atom stereocenters. The lowest BCUT2D eigenvalue weighted by atomic mass is 10.0. The lowest BCUT2D eigenvalue weighted by Gasteiger charge is -2.36. The van der Waals surface area contributed by atoms with E-state index in [1.165, 1.54) is 50.9 Å². The standard InChI is InChI=1S/C15H26N2S/c1-3-7-16-15-4-8-17(9-5-15)13(2)11-14-6-10-18-12-14/h6,10,12-13,15-16H,3-5,7-9,11H2,1-2H3. The van der Waals surface area contributed by atoms with Gasteiger partial charge in [-0.25, -0.2) is 0 Å². The van der Waals surface area contributed by atoms with E-state index in [1.807, 2.05) is 11.3 Å². The van der Waals surface area contributed by atoms with Crippen LogP contribution in [-0.4, -0.2) is 36.6 Å². The summed E-state index contributed by atoms with van der Waals surface area (Å²) in [5.74, 6) is 0. The van der Waals surface area contributed by atoms with Crippen molar-refractivity contribution in [1.29, 1.82) is 0 Å². The zero-order chi connectivity index (χ0) is 12.8. The van der Waals surface area contributed by atoms with E-state index in [0.717, 1.165) is 6.04 Å². The predicted molar refractivity (Wildman–Crippen MR) is 80.4 cm³/mol. The zero-order valence-electron chi connectivity index (χ0n) is 11.7. The summed E-state index contributed by atoms with van der Waals surface area (Å²) < 4.78 is 0. The molecule has 102 valence electrons. The molecule has 1 atom stereocenters. The Morgan fingerprint density at radius 2 is 2.22 bits per heavy atom. The second kappa shape index (κ2) is 7.27. The van der Waals surface area contributed by atoms with Crippen LogP contribution < -0.4 is 5.32 Å². The van der Waals surface area contributed by atoms with E-state index >= 15 is 0 Å². The van der Waals surface area contributed by atoms with Gasteiger partial charge in [0.05, 0.1) is 0 Å². The molecule has 0 spiro atoms. The van der Waals surface area contributed by atoms with Gasteiger partial charge >= 0.3 is 0 Å². The molecule has 0 radical (unpaired) electrons. The number of rotatable bonds is 6. The third-order valence-corrected chi connectivity index (χ3v) is 4.68. The molecule has 0 aromatic carbocycles. The van der Waals surface area contributed by atoms with Crippen LogP contribution in [0.2, 0.25) is 0 Å². The smallest absolute Gasteiger partial charge is 0.0108 e. The van der Waals surface area contributed by atoms with Crippen LogP contribution in [0.1, 0.15) is 38.7 Å². The fourth-order valence-electron chi connectivity index (χ4n) is 2.77. The van der Waals surface area contributed by atoms with Crippen LogP contribution in [0.4, 0.5) is 0 Å². The summed E-state index contributed by atoms with van der Waals surface area (Å²) in [7, 11) is 0. The highest BCUT2D eigenvalue weighted by atomic mass is 32.1. The van der Waals surface area contributed by atoms with Crippen molar-refractivity contribution in [2.75, 3.05) is 19.6 Å². The van der Waals surface area contributed by atoms with Crippen LogP contribution >= 0.6 is 11.3 Å². The number of piperidine rings is 1. The van der Waals surface area contributed by atoms with E-state index < -0.39 is 0 Å². The lowest BCUT2D eigenvalue weighted by Crippen LogP contribution is -2.46. The van der Waals surface area contributed by atoms with Crippen molar-refractivity contribution < 1.29 is 0 Å². The Bertz CT molecular complexity index is 315. The second-order valence-electron chi connectivity index (χ2n) is 5.45. The number of nitrogens with zero attached hydrogens (tertiary/aromatic N) is 1. The highest BCUT2D eigenvalue weighted by molar-refractivity contribution is 7.07. The van der Waals surface area contributed by atoms with Gasteiger partial charge in [-0.05, 0) is 74.6 Å². The Morgan fingerprint density at radius 3 is 2.83 bits per heavy atom. The number of nitrogens with one attached hydrogen (secondary N) is 1. The summed E-state index contributed by atoms with van der Waals surface area (Å²) >= 11 is 1.81. The summed E-state index contributed by atoms with van der Waals surface area (Å²) in [4.78, 5) is 2.65. The van der Waals surface area contributed by atoms with Crippen molar-refractivity contribution >= 4 is 11.3 Å². The van der Waals surface area contributed by atoms with Crippen molar-refractivity contribution in [3.05, 3.63) is 22.4 Å². The van der Waals surface area contributed by atoms with Gasteiger partial charge in [0.15, 0.2) is 0 Å². The van der Waals surface area contributed by atoms with Crippen LogP contribution in [0.3, 0.4) is 0 Å². The zero-order valence-corrected chi connectivity index (χ0v) is 12.5. The van der Waals surface area contributed by atoms with Crippen LogP contribution in [0.25, 0.3) is 0 Å². The van der Waals surface area contributed by atoms with Crippen molar-refractivity contribution in [3.63, 3.8) is 0 Å². The quantitative estimate of drug-likeness (QED) is 0.851. The first-order valence-corrected chi connectivity index (χ1v) is 8.22. The molecular weight excluding hydrogens is 240 g/mol. The molecule has 18 heavy (non-hydrogen) atoms. The monoisotopic (exact) mass is 266 g/mol. The lowest BCUT2D eigenvalue weighted by molar-refractivity contribution is 0.151. The minimum absolute atomic E-state index is 0.687. The maximum absolute atomic E-state index is 3.65. The SMILES string of the molecule is CCCNC1CCN(C(C)Cc2ccsc2)CC1. The third kappa shape index (κ3) is 4.08. The maximum Gasteiger partial charge on any atom is 0.0108 e. The first kappa shape index (κ1) is 14.0. The molecule has 0 saturated carbocycles. The van der Waals surface area contributed by atoms with Gasteiger partial charge in [-0.3, -0.25) is 0 Å². The molecule has 1 saturated heterocycles. The van der Waals surface area contributed by atoms with Gasteiger partial charge in [0.25, 0.3) is 0 Å². The summed E-state index contributed by atoms with van der Waals surface area (Å²) in [6.07, 6.45) is 5.08. The second-order valence-corrected chi connectivity index (χ2v) is 6.23. The molecule has 3 heteroatoms. The van der Waals surface area contributed by atoms with Gasteiger partial charge in [-0.15, -0.1) is 0 Å². The van der Waals surface area contributed by atoms with E-state index in [4.69, 9.17) is 0 Å². The van der Waals surface area contributed by atoms with Crippen molar-refractivity contribution in [3.8, 4) is 0 Å². The Kier molecular flexibility index (Phi) is 5.67. The molecule has 0 bridgehead atoms. The molecule has 2 heterocycles. The molecule has 1 aromatic heterocycles. The Balaban J connectivity index is 1.72. The van der Waals surface area contributed by atoms with E-state index in [-0.39, 0.29) is 0 Å². The largest absolute Gasteiger partial charge is 0.314 e. The fraction of sp³-hybridized carbons (Fsp3) is 0.733. The van der Waals surface area contributed by atoms with E-state index in [0.29, 0.717) is 6.04 Å². The fourth-order valence-corrected chi connectivity index (χ4v) is 3.45. The summed E-state index contributed by atoms with van der Waals surface area (Å²) in [6, 6.07) is 3.71. The number of likely N-dealkylation sites (tertiary alicyclic amines) is 1. The van der Waals surface area contributed by atoms with E-state index in [9.17, 15) is 0 Å². The molecule has 0 amide bonds. The summed E-state index contributed by atoms with van der Waals surface area (Å²) in [5.41, 5.74) is 1.50. The topological polar surface area (TPSA) is 15.3 Å². The average molecular weight is 266 g/mol. The third-order valence-electron chi connectivity index (χ3n) is 3.95. The molecule has 1 N–H and O–H groups in total. The van der Waals surface area contributed by atoms with Crippen LogP contribution in [-0.2, 0) is 6.42 Å².